The molecule has 1 fully saturated rings. The third-order valence-electron chi connectivity index (χ3n) is 5.36. The zero-order chi connectivity index (χ0) is 20.9. The third kappa shape index (κ3) is 4.62. The summed E-state index contributed by atoms with van der Waals surface area (Å²) >= 11 is 6.06. The van der Waals surface area contributed by atoms with Crippen LogP contribution in [0.15, 0.2) is 42.6 Å². The van der Waals surface area contributed by atoms with Crippen LogP contribution in [0.5, 0.6) is 5.75 Å². The first-order valence-electron chi connectivity index (χ1n) is 10.2. The van der Waals surface area contributed by atoms with Crippen molar-refractivity contribution in [2.45, 2.75) is 39.0 Å². The molecule has 0 spiro atoms. The van der Waals surface area contributed by atoms with Crippen LogP contribution < -0.4 is 10.1 Å². The molecule has 0 unspecified atom stereocenters. The van der Waals surface area contributed by atoms with Crippen LogP contribution in [0.2, 0.25) is 5.02 Å². The first-order chi connectivity index (χ1) is 14.6. The Labute approximate surface area is 180 Å². The van der Waals surface area contributed by atoms with Crippen molar-refractivity contribution in [1.82, 2.24) is 20.0 Å². The Hall–Kier alpha value is -2.93. The normalized spacial score (nSPS) is 14.5. The maximum atomic E-state index is 12.9. The van der Waals surface area contributed by atoms with Gasteiger partial charge in [0, 0.05) is 11.2 Å². The Morgan fingerprint density at radius 2 is 2.07 bits per heavy atom. The summed E-state index contributed by atoms with van der Waals surface area (Å²) in [4.78, 5) is 17.1. The Bertz CT molecular complexity index is 1030. The molecule has 1 aromatic carbocycles. The van der Waals surface area contributed by atoms with Crippen LogP contribution in [0.1, 0.15) is 48.3 Å². The average Bonchev–Trinajstić information content (AvgIpc) is 3.15. The summed E-state index contributed by atoms with van der Waals surface area (Å²) in [7, 11) is 0. The second kappa shape index (κ2) is 9.26. The lowest BCUT2D eigenvalue weighted by Crippen LogP contribution is -2.18. The van der Waals surface area contributed by atoms with Crippen LogP contribution in [-0.2, 0) is 0 Å². The van der Waals surface area contributed by atoms with Crippen LogP contribution >= 0.6 is 11.6 Å². The van der Waals surface area contributed by atoms with Crippen molar-refractivity contribution in [3.63, 3.8) is 0 Å². The van der Waals surface area contributed by atoms with E-state index in [1.54, 1.807) is 36.0 Å². The maximum absolute atomic E-state index is 12.9. The van der Waals surface area contributed by atoms with Gasteiger partial charge in [0.25, 0.3) is 5.91 Å². The van der Waals surface area contributed by atoms with E-state index < -0.39 is 0 Å². The summed E-state index contributed by atoms with van der Waals surface area (Å²) in [5.74, 6) is 1.12. The molecule has 1 aliphatic carbocycles. The topological polar surface area (TPSA) is 81.9 Å². The molecule has 8 heteroatoms. The lowest BCUT2D eigenvalue weighted by molar-refractivity contribution is 0.102. The molecule has 0 bridgehead atoms. The van der Waals surface area contributed by atoms with Gasteiger partial charge in [-0.3, -0.25) is 4.79 Å². The first kappa shape index (κ1) is 20.3. The molecule has 0 atom stereocenters. The monoisotopic (exact) mass is 425 g/mol. The largest absolute Gasteiger partial charge is 0.489 e. The van der Waals surface area contributed by atoms with Crippen molar-refractivity contribution in [2.75, 3.05) is 11.9 Å². The van der Waals surface area contributed by atoms with Crippen LogP contribution in [0.3, 0.4) is 0 Å². The number of benzene rings is 1. The number of carbonyl (C=O) groups is 1. The van der Waals surface area contributed by atoms with Gasteiger partial charge in [-0.05, 0) is 56.0 Å². The van der Waals surface area contributed by atoms with Gasteiger partial charge in [0.1, 0.15) is 0 Å². The molecule has 2 aromatic heterocycles. The van der Waals surface area contributed by atoms with Gasteiger partial charge in [-0.1, -0.05) is 42.1 Å². The first-order valence-corrected chi connectivity index (χ1v) is 10.6. The molecule has 30 heavy (non-hydrogen) atoms. The highest BCUT2D eigenvalue weighted by atomic mass is 35.5. The van der Waals surface area contributed by atoms with Crippen molar-refractivity contribution in [2.24, 2.45) is 5.92 Å². The van der Waals surface area contributed by atoms with E-state index in [2.05, 4.69) is 20.6 Å². The molecule has 0 saturated heterocycles. The third-order valence-corrected chi connectivity index (χ3v) is 5.60. The van der Waals surface area contributed by atoms with Crippen molar-refractivity contribution in [1.29, 1.82) is 0 Å². The zero-order valence-electron chi connectivity index (χ0n) is 16.8. The van der Waals surface area contributed by atoms with Gasteiger partial charge in [-0.2, -0.15) is 0 Å². The van der Waals surface area contributed by atoms with E-state index in [4.69, 9.17) is 16.3 Å². The number of nitrogens with one attached hydrogen (secondary N) is 1. The SMILES string of the molecule is Cc1c(C(=O)Nc2ncccc2OCC2CCCCC2)nnn1-c1cccc(Cl)c1. The van der Waals surface area contributed by atoms with Crippen molar-refractivity contribution in [3.8, 4) is 11.4 Å². The maximum Gasteiger partial charge on any atom is 0.279 e. The molecule has 7 nitrogen and oxygen atoms in total. The van der Waals surface area contributed by atoms with Crippen LogP contribution in [-0.4, -0.2) is 32.5 Å². The summed E-state index contributed by atoms with van der Waals surface area (Å²) in [5.41, 5.74) is 1.56. The fourth-order valence-corrected chi connectivity index (χ4v) is 3.91. The van der Waals surface area contributed by atoms with Gasteiger partial charge in [0.15, 0.2) is 17.3 Å². The number of aromatic nitrogens is 4. The molecule has 2 heterocycles. The number of nitrogens with zero attached hydrogens (tertiary/aromatic N) is 4. The zero-order valence-corrected chi connectivity index (χ0v) is 17.6. The quantitative estimate of drug-likeness (QED) is 0.611. The Morgan fingerprint density at radius 1 is 1.23 bits per heavy atom. The molecule has 1 amide bonds. The number of amides is 1. The minimum absolute atomic E-state index is 0.221. The number of halogens is 1. The van der Waals surface area contributed by atoms with Gasteiger partial charge >= 0.3 is 0 Å². The average molecular weight is 426 g/mol. The van der Waals surface area contributed by atoms with E-state index in [1.165, 1.54) is 32.1 Å². The summed E-state index contributed by atoms with van der Waals surface area (Å²) in [6.45, 7) is 2.42. The molecule has 3 aromatic rings. The minimum Gasteiger partial charge on any atom is -0.489 e. The molecule has 0 radical (unpaired) electrons. The van der Waals surface area contributed by atoms with Crippen LogP contribution in [0, 0.1) is 12.8 Å². The van der Waals surface area contributed by atoms with E-state index in [0.717, 1.165) is 5.69 Å². The predicted octanol–water partition coefficient (Wildman–Crippen LogP) is 4.84. The lowest BCUT2D eigenvalue weighted by atomic mass is 9.90. The highest BCUT2D eigenvalue weighted by Gasteiger charge is 2.20. The second-order valence-electron chi connectivity index (χ2n) is 7.53. The Kier molecular flexibility index (Phi) is 6.28. The standard InChI is InChI=1S/C22H24ClN5O2/c1-15-20(26-27-28(15)18-10-5-9-17(23)13-18)22(29)25-21-19(11-6-12-24-21)30-14-16-7-3-2-4-8-16/h5-6,9-13,16H,2-4,7-8,14H2,1H3,(H,24,25,29). The molecule has 1 aliphatic rings. The predicted molar refractivity (Wildman–Crippen MR) is 115 cm³/mol. The molecular formula is C22H24ClN5O2. The van der Waals surface area contributed by atoms with Crippen LogP contribution in [0.25, 0.3) is 5.69 Å². The van der Waals surface area contributed by atoms with Gasteiger partial charge < -0.3 is 10.1 Å². The summed E-state index contributed by atoms with van der Waals surface area (Å²) in [6.07, 6.45) is 7.82. The van der Waals surface area contributed by atoms with Gasteiger partial charge in [0.2, 0.25) is 0 Å². The molecule has 1 saturated carbocycles. The number of hydrogen-bond acceptors (Lipinski definition) is 5. The van der Waals surface area contributed by atoms with Gasteiger partial charge in [0.05, 0.1) is 18.0 Å². The number of rotatable bonds is 6. The molecule has 4 rings (SSSR count). The summed E-state index contributed by atoms with van der Waals surface area (Å²) in [5, 5.41) is 11.6. The number of pyridine rings is 1. The number of ether oxygens (including phenoxy) is 1. The second-order valence-corrected chi connectivity index (χ2v) is 7.97. The Balaban J connectivity index is 1.48. The van der Waals surface area contributed by atoms with E-state index in [-0.39, 0.29) is 11.6 Å². The van der Waals surface area contributed by atoms with Crippen molar-refractivity contribution < 1.29 is 9.53 Å². The number of carbonyl (C=O) groups excluding carboxylic acids is 1. The lowest BCUT2D eigenvalue weighted by Gasteiger charge is -2.22. The number of hydrogen-bond donors (Lipinski definition) is 1. The van der Waals surface area contributed by atoms with Gasteiger partial charge in [-0.25, -0.2) is 9.67 Å². The number of anilines is 1. The fraction of sp³-hybridized carbons (Fsp3) is 0.364. The Morgan fingerprint density at radius 3 is 2.87 bits per heavy atom. The van der Waals surface area contributed by atoms with E-state index in [9.17, 15) is 4.79 Å². The molecule has 1 N–H and O–H groups in total. The van der Waals surface area contributed by atoms with E-state index >= 15 is 0 Å². The van der Waals surface area contributed by atoms with Gasteiger partial charge in [-0.15, -0.1) is 5.10 Å². The molecular weight excluding hydrogens is 402 g/mol. The summed E-state index contributed by atoms with van der Waals surface area (Å²) < 4.78 is 7.58. The highest BCUT2D eigenvalue weighted by Crippen LogP contribution is 2.27. The molecule has 156 valence electrons. The smallest absolute Gasteiger partial charge is 0.279 e. The van der Waals surface area contributed by atoms with Crippen LogP contribution in [0.4, 0.5) is 5.82 Å². The summed E-state index contributed by atoms with van der Waals surface area (Å²) in [6, 6.07) is 10.8. The van der Waals surface area contributed by atoms with E-state index in [0.29, 0.717) is 34.8 Å². The minimum atomic E-state index is -0.387. The molecule has 0 aliphatic heterocycles. The highest BCUT2D eigenvalue weighted by molar-refractivity contribution is 6.30. The van der Waals surface area contributed by atoms with Crippen molar-refractivity contribution in [3.05, 3.63) is 59.0 Å². The van der Waals surface area contributed by atoms with Crippen molar-refractivity contribution >= 4 is 23.3 Å². The fourth-order valence-electron chi connectivity index (χ4n) is 3.72. The van der Waals surface area contributed by atoms with E-state index in [1.807, 2.05) is 18.2 Å².